The summed E-state index contributed by atoms with van der Waals surface area (Å²) in [6.45, 7) is 22.6. The first-order valence-electron chi connectivity index (χ1n) is 17.8. The first-order chi connectivity index (χ1) is 30.2. The lowest BCUT2D eigenvalue weighted by Gasteiger charge is -2.09. The summed E-state index contributed by atoms with van der Waals surface area (Å²) in [5.41, 5.74) is 1.95. The molecule has 372 valence electrons. The standard InChI is InChI=1S/C20H18O6.C15H12O6.C12H10O4.6CH4/c1-3-19(21)25-13-23-17-9-5-15(6-10-17)16-7-11-18(12-8-16)24-14-26-20(22)4-2;1-4-13(16)19-10-7-11(20-14(17)5-2)9-12(8-10)21-15(18)6-3;1-3-11(13)15-9-5-7-10(8-6-9)16-12(14)4-2;;;;;;/h3-12H,1-2,13-14H2;4-9H,1-3H2;3-8H,1-2H2;6*1H4. The van der Waals surface area contributed by atoms with Gasteiger partial charge in [0.1, 0.15) is 40.2 Å². The maximum atomic E-state index is 11.2. The maximum absolute atomic E-state index is 11.2. The topological polar surface area (TPSA) is 203 Å². The molecule has 0 unspecified atom stereocenters. The fraction of sp³-hybridized carbons (Fsp3) is 0.151. The van der Waals surface area contributed by atoms with Crippen molar-refractivity contribution in [2.24, 2.45) is 0 Å². The predicted octanol–water partition coefficient (Wildman–Crippen LogP) is 11.1. The molecule has 69 heavy (non-hydrogen) atoms. The van der Waals surface area contributed by atoms with E-state index in [1.54, 1.807) is 24.3 Å². The summed E-state index contributed by atoms with van der Waals surface area (Å²) in [4.78, 5) is 77.1. The molecule has 0 radical (unpaired) electrons. The summed E-state index contributed by atoms with van der Waals surface area (Å²) in [5.74, 6) is -2.42. The second kappa shape index (κ2) is 38.2. The number of esters is 7. The van der Waals surface area contributed by atoms with E-state index in [9.17, 15) is 33.6 Å². The van der Waals surface area contributed by atoms with Gasteiger partial charge in [-0.3, -0.25) is 0 Å². The number of rotatable bonds is 19. The van der Waals surface area contributed by atoms with Crippen LogP contribution in [0.25, 0.3) is 11.1 Å². The molecule has 0 saturated carbocycles. The van der Waals surface area contributed by atoms with Crippen LogP contribution in [0.4, 0.5) is 0 Å². The van der Waals surface area contributed by atoms with Crippen LogP contribution in [-0.2, 0) is 43.0 Å². The summed E-state index contributed by atoms with van der Waals surface area (Å²) in [6, 6.07) is 24.5. The molecule has 0 amide bonds. The van der Waals surface area contributed by atoms with Gasteiger partial charge in [-0.25, -0.2) is 33.6 Å². The molecule has 0 aromatic heterocycles. The monoisotopic (exact) mass is 956 g/mol. The molecule has 16 nitrogen and oxygen atoms in total. The summed E-state index contributed by atoms with van der Waals surface area (Å²) < 4.78 is 44.4. The van der Waals surface area contributed by atoms with Gasteiger partial charge in [0, 0.05) is 60.7 Å². The van der Waals surface area contributed by atoms with E-state index in [0.29, 0.717) is 23.0 Å². The molecule has 4 aromatic carbocycles. The average Bonchev–Trinajstić information content (AvgIpc) is 3.30. The molecule has 0 atom stereocenters. The van der Waals surface area contributed by atoms with E-state index in [4.69, 9.17) is 42.6 Å². The molecule has 0 spiro atoms. The van der Waals surface area contributed by atoms with E-state index in [1.165, 1.54) is 42.5 Å². The molecule has 16 heteroatoms. The van der Waals surface area contributed by atoms with Crippen molar-refractivity contribution in [2.45, 2.75) is 44.6 Å². The highest BCUT2D eigenvalue weighted by molar-refractivity contribution is 5.86. The van der Waals surface area contributed by atoms with Crippen LogP contribution < -0.4 is 33.2 Å². The van der Waals surface area contributed by atoms with Crippen LogP contribution in [0, 0.1) is 0 Å². The largest absolute Gasteiger partial charge is 0.457 e. The number of hydrogen-bond donors (Lipinski definition) is 0. The third-order valence-electron chi connectivity index (χ3n) is 6.83. The lowest BCUT2D eigenvalue weighted by atomic mass is 10.1. The molecule has 4 rings (SSSR count). The van der Waals surface area contributed by atoms with Crippen molar-refractivity contribution in [3.63, 3.8) is 0 Å². The van der Waals surface area contributed by atoms with Crippen LogP contribution >= 0.6 is 0 Å². The Balaban J connectivity index is -0.000000292. The molecular formula is C53H64O16. The Morgan fingerprint density at radius 3 is 0.725 bits per heavy atom. The van der Waals surface area contributed by atoms with Crippen molar-refractivity contribution < 1.29 is 76.2 Å². The zero-order chi connectivity index (χ0) is 46.6. The van der Waals surface area contributed by atoms with E-state index in [1.807, 2.05) is 24.3 Å². The predicted molar refractivity (Wildman–Crippen MR) is 268 cm³/mol. The summed E-state index contributed by atoms with van der Waals surface area (Å²) >= 11 is 0. The van der Waals surface area contributed by atoms with Crippen LogP contribution in [-0.4, -0.2) is 55.4 Å². The molecule has 0 saturated heterocycles. The minimum absolute atomic E-state index is 0. The van der Waals surface area contributed by atoms with E-state index in [-0.39, 0.29) is 75.4 Å². The van der Waals surface area contributed by atoms with Crippen LogP contribution in [0.1, 0.15) is 44.6 Å². The van der Waals surface area contributed by atoms with E-state index in [0.717, 1.165) is 53.7 Å². The third-order valence-corrected chi connectivity index (χ3v) is 6.83. The summed E-state index contributed by atoms with van der Waals surface area (Å²) in [5, 5.41) is 0. The van der Waals surface area contributed by atoms with Crippen molar-refractivity contribution in [1.29, 1.82) is 0 Å². The van der Waals surface area contributed by atoms with Gasteiger partial charge in [-0.2, -0.15) is 0 Å². The second-order valence-electron chi connectivity index (χ2n) is 11.1. The normalized spacial score (nSPS) is 8.52. The van der Waals surface area contributed by atoms with Gasteiger partial charge in [0.15, 0.2) is 0 Å². The molecule has 4 aromatic rings. The first-order valence-corrected chi connectivity index (χ1v) is 17.8. The van der Waals surface area contributed by atoms with Crippen LogP contribution in [0.2, 0.25) is 0 Å². The minimum atomic E-state index is -0.719. The van der Waals surface area contributed by atoms with Crippen molar-refractivity contribution in [1.82, 2.24) is 0 Å². The van der Waals surface area contributed by atoms with Gasteiger partial charge in [0.05, 0.1) is 0 Å². The lowest BCUT2D eigenvalue weighted by molar-refractivity contribution is -0.145. The molecule has 0 aliphatic carbocycles. The fourth-order valence-electron chi connectivity index (χ4n) is 4.00. The van der Waals surface area contributed by atoms with Crippen molar-refractivity contribution in [3.8, 4) is 51.4 Å². The average molecular weight is 957 g/mol. The van der Waals surface area contributed by atoms with E-state index in [2.05, 4.69) is 46.1 Å². The molecule has 0 bridgehead atoms. The minimum Gasteiger partial charge on any atom is -0.457 e. The smallest absolute Gasteiger partial charge is 0.335 e. The number of hydrogen-bond acceptors (Lipinski definition) is 16. The fourth-order valence-corrected chi connectivity index (χ4v) is 4.00. The van der Waals surface area contributed by atoms with E-state index < -0.39 is 41.8 Å². The second-order valence-corrected chi connectivity index (χ2v) is 11.1. The Kier molecular flexibility index (Phi) is 38.2. The highest BCUT2D eigenvalue weighted by atomic mass is 16.7. The van der Waals surface area contributed by atoms with Gasteiger partial charge >= 0.3 is 41.8 Å². The van der Waals surface area contributed by atoms with Gasteiger partial charge < -0.3 is 42.6 Å². The Labute approximate surface area is 406 Å². The molecule has 0 N–H and O–H groups in total. The van der Waals surface area contributed by atoms with Gasteiger partial charge in [-0.1, -0.05) is 115 Å². The van der Waals surface area contributed by atoms with Crippen LogP contribution in [0.15, 0.2) is 180 Å². The maximum Gasteiger partial charge on any atom is 0.335 e. The Morgan fingerprint density at radius 2 is 0.507 bits per heavy atom. The highest BCUT2D eigenvalue weighted by Crippen LogP contribution is 2.29. The third kappa shape index (κ3) is 27.8. The Bertz CT molecular complexity index is 2100. The quantitative estimate of drug-likeness (QED) is 0.0371. The number of carbonyl (C=O) groups is 7. The molecule has 0 aliphatic rings. The Morgan fingerprint density at radius 1 is 0.304 bits per heavy atom. The van der Waals surface area contributed by atoms with Crippen LogP contribution in [0.3, 0.4) is 0 Å². The summed E-state index contributed by atoms with van der Waals surface area (Å²) in [7, 11) is 0. The summed E-state index contributed by atoms with van der Waals surface area (Å²) in [6.07, 6.45) is 7.14. The molecular weight excluding hydrogens is 893 g/mol. The zero-order valence-corrected chi connectivity index (χ0v) is 33.6. The van der Waals surface area contributed by atoms with E-state index >= 15 is 0 Å². The van der Waals surface area contributed by atoms with Crippen molar-refractivity contribution >= 4 is 41.8 Å². The van der Waals surface area contributed by atoms with Gasteiger partial charge in [0.25, 0.3) is 0 Å². The SMILES string of the molecule is C.C.C.C.C.C.C=CC(=O)OCOc1ccc(-c2ccc(OCOC(=O)C=C)cc2)cc1.C=CC(=O)Oc1cc(OC(=O)C=C)cc(OC(=O)C=C)c1.C=CC(=O)Oc1ccc(OC(=O)C=C)cc1. The number of benzene rings is 4. The molecule has 0 aliphatic heterocycles. The first kappa shape index (κ1) is 69.0. The molecule has 0 fully saturated rings. The van der Waals surface area contributed by atoms with Gasteiger partial charge in [-0.15, -0.1) is 0 Å². The van der Waals surface area contributed by atoms with Crippen molar-refractivity contribution in [3.05, 3.63) is 180 Å². The number of ether oxygens (including phenoxy) is 9. The Hall–Kier alpha value is -9.05. The highest BCUT2D eigenvalue weighted by Gasteiger charge is 2.11. The lowest BCUT2D eigenvalue weighted by Crippen LogP contribution is -2.08. The molecule has 0 heterocycles. The van der Waals surface area contributed by atoms with Crippen molar-refractivity contribution in [2.75, 3.05) is 13.6 Å². The zero-order valence-electron chi connectivity index (χ0n) is 33.6. The number of carbonyl (C=O) groups excluding carboxylic acids is 7. The van der Waals surface area contributed by atoms with Gasteiger partial charge in [-0.05, 0) is 59.7 Å². The van der Waals surface area contributed by atoms with Gasteiger partial charge in [0.2, 0.25) is 13.6 Å². The van der Waals surface area contributed by atoms with Crippen LogP contribution in [0.5, 0.6) is 40.2 Å².